The van der Waals surface area contributed by atoms with E-state index in [9.17, 15) is 0 Å². The maximum atomic E-state index is 6.09. The molecule has 0 aliphatic heterocycles. The Morgan fingerprint density at radius 2 is 2.04 bits per heavy atom. The number of benzene rings is 1. The zero-order valence-corrected chi connectivity index (χ0v) is 14.4. The lowest BCUT2D eigenvalue weighted by Crippen LogP contribution is -2.32. The monoisotopic (exact) mass is 315 g/mol. The lowest BCUT2D eigenvalue weighted by atomic mass is 9.75. The van der Waals surface area contributed by atoms with Gasteiger partial charge in [0.15, 0.2) is 5.96 Å². The highest BCUT2D eigenvalue weighted by atomic mass is 16.5. The molecule has 1 aromatic rings. The zero-order chi connectivity index (χ0) is 16.3. The molecule has 0 bridgehead atoms. The standard InChI is InChI=1S/C19H29N3O/c1-19(10-8-17(23-2)9-11-19)13-21-18(20)22-16-7-6-14-4-3-5-15(14)12-16/h6-7,12,17H,3-5,8-11,13H2,1-2H3,(H3,20,21,22). The lowest BCUT2D eigenvalue weighted by Gasteiger charge is -2.35. The third kappa shape index (κ3) is 4.05. The number of aryl methyl sites for hydroxylation is 2. The van der Waals surface area contributed by atoms with Crippen LogP contribution >= 0.6 is 0 Å². The molecule has 0 saturated heterocycles. The summed E-state index contributed by atoms with van der Waals surface area (Å²) in [5, 5.41) is 3.25. The molecule has 0 spiro atoms. The first kappa shape index (κ1) is 16.3. The van der Waals surface area contributed by atoms with E-state index in [-0.39, 0.29) is 5.41 Å². The molecule has 0 unspecified atom stereocenters. The van der Waals surface area contributed by atoms with Crippen LogP contribution in [0.5, 0.6) is 0 Å². The summed E-state index contributed by atoms with van der Waals surface area (Å²) in [6.07, 6.45) is 8.64. The van der Waals surface area contributed by atoms with E-state index in [1.54, 1.807) is 0 Å². The molecule has 3 N–H and O–H groups in total. The number of nitrogens with zero attached hydrogens (tertiary/aromatic N) is 1. The van der Waals surface area contributed by atoms with Crippen molar-refractivity contribution in [3.05, 3.63) is 29.3 Å². The number of nitrogens with one attached hydrogen (secondary N) is 1. The fourth-order valence-corrected chi connectivity index (χ4v) is 3.80. The molecule has 0 heterocycles. The Morgan fingerprint density at radius 1 is 1.30 bits per heavy atom. The van der Waals surface area contributed by atoms with Gasteiger partial charge < -0.3 is 15.8 Å². The van der Waals surface area contributed by atoms with Crippen LogP contribution in [-0.2, 0) is 17.6 Å². The molecule has 0 amide bonds. The molecule has 126 valence electrons. The average Bonchev–Trinajstić information content (AvgIpc) is 3.02. The van der Waals surface area contributed by atoms with Gasteiger partial charge in [-0.2, -0.15) is 0 Å². The van der Waals surface area contributed by atoms with Gasteiger partial charge in [0.1, 0.15) is 0 Å². The molecule has 1 saturated carbocycles. The highest BCUT2D eigenvalue weighted by Gasteiger charge is 2.30. The summed E-state index contributed by atoms with van der Waals surface area (Å²) < 4.78 is 5.45. The minimum atomic E-state index is 0.249. The number of nitrogens with two attached hydrogens (primary N) is 1. The predicted molar refractivity (Wildman–Crippen MR) is 96.0 cm³/mol. The minimum Gasteiger partial charge on any atom is -0.381 e. The van der Waals surface area contributed by atoms with E-state index in [0.717, 1.165) is 37.9 Å². The van der Waals surface area contributed by atoms with Crippen molar-refractivity contribution in [2.24, 2.45) is 16.1 Å². The minimum absolute atomic E-state index is 0.249. The number of guanidine groups is 1. The molecule has 0 atom stereocenters. The van der Waals surface area contributed by atoms with Crippen LogP contribution in [0, 0.1) is 5.41 Å². The Labute approximate surface area is 139 Å². The van der Waals surface area contributed by atoms with Crippen LogP contribution in [0.1, 0.15) is 50.2 Å². The Balaban J connectivity index is 1.55. The number of ether oxygens (including phenoxy) is 1. The van der Waals surface area contributed by atoms with Crippen LogP contribution < -0.4 is 11.1 Å². The zero-order valence-electron chi connectivity index (χ0n) is 14.4. The molecular weight excluding hydrogens is 286 g/mol. The second-order valence-corrected chi connectivity index (χ2v) is 7.41. The van der Waals surface area contributed by atoms with Crippen molar-refractivity contribution in [1.29, 1.82) is 0 Å². The van der Waals surface area contributed by atoms with Gasteiger partial charge in [0.2, 0.25) is 0 Å². The number of hydrogen-bond acceptors (Lipinski definition) is 2. The van der Waals surface area contributed by atoms with Crippen molar-refractivity contribution in [3.8, 4) is 0 Å². The van der Waals surface area contributed by atoms with Crippen LogP contribution in [0.4, 0.5) is 5.69 Å². The quantitative estimate of drug-likeness (QED) is 0.660. The number of methoxy groups -OCH3 is 1. The second-order valence-electron chi connectivity index (χ2n) is 7.41. The summed E-state index contributed by atoms with van der Waals surface area (Å²) in [7, 11) is 1.81. The van der Waals surface area contributed by atoms with Crippen LogP contribution in [0.25, 0.3) is 0 Å². The van der Waals surface area contributed by atoms with E-state index in [0.29, 0.717) is 12.1 Å². The number of anilines is 1. The molecule has 2 aliphatic rings. The van der Waals surface area contributed by atoms with Crippen molar-refractivity contribution < 1.29 is 4.74 Å². The Hall–Kier alpha value is -1.55. The van der Waals surface area contributed by atoms with Crippen molar-refractivity contribution in [2.45, 2.75) is 58.0 Å². The highest BCUT2D eigenvalue weighted by Crippen LogP contribution is 2.37. The molecule has 4 nitrogen and oxygen atoms in total. The first-order chi connectivity index (χ1) is 11.1. The number of rotatable bonds is 4. The normalized spacial score (nSPS) is 27.7. The molecule has 1 fully saturated rings. The largest absolute Gasteiger partial charge is 0.381 e. The summed E-state index contributed by atoms with van der Waals surface area (Å²) in [5.74, 6) is 0.526. The molecule has 23 heavy (non-hydrogen) atoms. The van der Waals surface area contributed by atoms with Gasteiger partial charge in [-0.3, -0.25) is 4.99 Å². The SMILES string of the molecule is COC1CCC(C)(CN=C(N)Nc2ccc3c(c2)CCC3)CC1. The van der Waals surface area contributed by atoms with E-state index < -0.39 is 0 Å². The summed E-state index contributed by atoms with van der Waals surface area (Å²) in [6, 6.07) is 6.54. The van der Waals surface area contributed by atoms with Crippen molar-refractivity contribution in [1.82, 2.24) is 0 Å². The predicted octanol–water partition coefficient (Wildman–Crippen LogP) is 3.50. The van der Waals surface area contributed by atoms with E-state index in [4.69, 9.17) is 10.5 Å². The molecule has 0 aromatic heterocycles. The molecule has 0 radical (unpaired) electrons. The Bertz CT molecular complexity index is 574. The van der Waals surface area contributed by atoms with Crippen LogP contribution in [-0.4, -0.2) is 25.7 Å². The number of aliphatic imine (C=N–C) groups is 1. The van der Waals surface area contributed by atoms with Crippen molar-refractivity contribution in [2.75, 3.05) is 19.0 Å². The van der Waals surface area contributed by atoms with E-state index >= 15 is 0 Å². The summed E-state index contributed by atoms with van der Waals surface area (Å²) in [6.45, 7) is 3.10. The van der Waals surface area contributed by atoms with Crippen LogP contribution in [0.2, 0.25) is 0 Å². The van der Waals surface area contributed by atoms with E-state index in [1.165, 1.54) is 30.4 Å². The van der Waals surface area contributed by atoms with Crippen LogP contribution in [0.15, 0.2) is 23.2 Å². The molecule has 2 aliphatic carbocycles. The summed E-state index contributed by atoms with van der Waals surface area (Å²) >= 11 is 0. The van der Waals surface area contributed by atoms with Crippen molar-refractivity contribution >= 4 is 11.6 Å². The lowest BCUT2D eigenvalue weighted by molar-refractivity contribution is 0.0353. The van der Waals surface area contributed by atoms with Gasteiger partial charge in [0.25, 0.3) is 0 Å². The van der Waals surface area contributed by atoms with Gasteiger partial charge in [-0.1, -0.05) is 13.0 Å². The molecule has 3 rings (SSSR count). The summed E-state index contributed by atoms with van der Waals surface area (Å²) in [5.41, 5.74) is 10.3. The maximum Gasteiger partial charge on any atom is 0.193 e. The number of fused-ring (bicyclic) bond motifs is 1. The first-order valence-electron chi connectivity index (χ1n) is 8.79. The first-order valence-corrected chi connectivity index (χ1v) is 8.79. The third-order valence-electron chi connectivity index (χ3n) is 5.48. The summed E-state index contributed by atoms with van der Waals surface area (Å²) in [4.78, 5) is 4.60. The third-order valence-corrected chi connectivity index (χ3v) is 5.48. The molecular formula is C19H29N3O. The van der Waals surface area contributed by atoms with E-state index in [2.05, 4.69) is 35.4 Å². The fourth-order valence-electron chi connectivity index (χ4n) is 3.80. The smallest absolute Gasteiger partial charge is 0.193 e. The molecule has 4 heteroatoms. The van der Waals surface area contributed by atoms with Gasteiger partial charge in [0.05, 0.1) is 6.10 Å². The fraction of sp³-hybridized carbons (Fsp3) is 0.632. The highest BCUT2D eigenvalue weighted by molar-refractivity contribution is 5.92. The Morgan fingerprint density at radius 3 is 2.78 bits per heavy atom. The topological polar surface area (TPSA) is 59.6 Å². The number of hydrogen-bond donors (Lipinski definition) is 2. The van der Waals surface area contributed by atoms with E-state index in [1.807, 2.05) is 7.11 Å². The maximum absolute atomic E-state index is 6.09. The van der Waals surface area contributed by atoms with Gasteiger partial charge in [-0.15, -0.1) is 0 Å². The average molecular weight is 315 g/mol. The second kappa shape index (κ2) is 6.91. The van der Waals surface area contributed by atoms with Gasteiger partial charge in [0, 0.05) is 19.3 Å². The molecule has 1 aromatic carbocycles. The van der Waals surface area contributed by atoms with Gasteiger partial charge in [-0.05, 0) is 73.6 Å². The van der Waals surface area contributed by atoms with Gasteiger partial charge >= 0.3 is 0 Å². The van der Waals surface area contributed by atoms with Crippen LogP contribution in [0.3, 0.4) is 0 Å². The van der Waals surface area contributed by atoms with Gasteiger partial charge in [-0.25, -0.2) is 0 Å². The Kier molecular flexibility index (Phi) is 4.90. The van der Waals surface area contributed by atoms with Crippen molar-refractivity contribution in [3.63, 3.8) is 0 Å².